The quantitative estimate of drug-likeness (QED) is 0.223. The van der Waals surface area contributed by atoms with Gasteiger partial charge in [-0.05, 0) is 42.5 Å². The Hall–Kier alpha value is -4.78. The molecular formula is C21H14N4O8S. The molecule has 0 amide bonds. The van der Waals surface area contributed by atoms with Gasteiger partial charge >= 0.3 is 5.63 Å². The molecule has 3 aromatic carbocycles. The van der Waals surface area contributed by atoms with Crippen LogP contribution in [0.3, 0.4) is 0 Å². The number of nitrogens with zero attached hydrogens (tertiary/aromatic N) is 2. The van der Waals surface area contributed by atoms with Crippen molar-refractivity contribution in [2.75, 3.05) is 10.0 Å². The first-order valence-corrected chi connectivity index (χ1v) is 11.0. The van der Waals surface area contributed by atoms with Crippen LogP contribution in [0.2, 0.25) is 0 Å². The minimum absolute atomic E-state index is 0.149. The van der Waals surface area contributed by atoms with Crippen LogP contribution in [0.1, 0.15) is 0 Å². The van der Waals surface area contributed by atoms with Crippen molar-refractivity contribution in [2.24, 2.45) is 0 Å². The fourth-order valence-electron chi connectivity index (χ4n) is 3.11. The number of rotatable bonds is 7. The van der Waals surface area contributed by atoms with Gasteiger partial charge in [0.15, 0.2) is 0 Å². The van der Waals surface area contributed by atoms with Gasteiger partial charge in [-0.3, -0.25) is 25.0 Å². The van der Waals surface area contributed by atoms with Crippen molar-refractivity contribution in [1.82, 2.24) is 0 Å². The molecule has 0 unspecified atom stereocenters. The maximum absolute atomic E-state index is 12.5. The molecule has 1 heterocycles. The van der Waals surface area contributed by atoms with E-state index in [0.717, 1.165) is 30.3 Å². The van der Waals surface area contributed by atoms with Crippen LogP contribution in [0, 0.1) is 20.2 Å². The number of fused-ring (bicyclic) bond motifs is 1. The number of non-ortho nitro benzene ring substituents is 2. The topological polar surface area (TPSA) is 175 Å². The van der Waals surface area contributed by atoms with Crippen molar-refractivity contribution in [3.05, 3.63) is 103 Å². The van der Waals surface area contributed by atoms with Crippen LogP contribution in [0.4, 0.5) is 28.4 Å². The molecule has 34 heavy (non-hydrogen) atoms. The zero-order chi connectivity index (χ0) is 24.5. The predicted octanol–water partition coefficient (Wildman–Crippen LogP) is 4.15. The maximum atomic E-state index is 12.5. The average molecular weight is 482 g/mol. The second-order valence-corrected chi connectivity index (χ2v) is 8.66. The van der Waals surface area contributed by atoms with E-state index in [1.54, 1.807) is 0 Å². The largest absolute Gasteiger partial charge is 0.423 e. The van der Waals surface area contributed by atoms with E-state index in [9.17, 15) is 33.4 Å². The van der Waals surface area contributed by atoms with E-state index in [1.807, 2.05) is 0 Å². The first kappa shape index (κ1) is 22.4. The Balaban J connectivity index is 1.57. The zero-order valence-corrected chi connectivity index (χ0v) is 17.8. The molecule has 0 spiro atoms. The van der Waals surface area contributed by atoms with Crippen LogP contribution in [0.25, 0.3) is 11.0 Å². The molecule has 4 aromatic rings. The lowest BCUT2D eigenvalue weighted by molar-refractivity contribution is -0.385. The number of sulfonamides is 1. The summed E-state index contributed by atoms with van der Waals surface area (Å²) >= 11 is 0. The molecule has 0 bridgehead atoms. The summed E-state index contributed by atoms with van der Waals surface area (Å²) in [6.07, 6.45) is 0. The van der Waals surface area contributed by atoms with Gasteiger partial charge in [0.05, 0.1) is 20.4 Å². The molecule has 0 saturated heterocycles. The Labute approximate surface area is 190 Å². The Kier molecular flexibility index (Phi) is 5.69. The van der Waals surface area contributed by atoms with Crippen molar-refractivity contribution in [3.8, 4) is 0 Å². The number of hydrogen-bond donors (Lipinski definition) is 2. The highest BCUT2D eigenvalue weighted by atomic mass is 32.2. The standard InChI is InChI=1S/C21H14N4O8S/c26-21-12-19(18-11-16(25(29)30)7-10-20(18)33-21)22-13-1-3-14(4-2-13)23-34(31,32)17-8-5-15(6-9-17)24(27)28/h1-12,22-23H. The van der Waals surface area contributed by atoms with Crippen LogP contribution in [0.5, 0.6) is 0 Å². The zero-order valence-electron chi connectivity index (χ0n) is 17.0. The number of nitro benzene ring substituents is 2. The van der Waals surface area contributed by atoms with E-state index in [2.05, 4.69) is 10.0 Å². The van der Waals surface area contributed by atoms with Crippen molar-refractivity contribution < 1.29 is 22.7 Å². The Morgan fingerprint density at radius 1 is 0.765 bits per heavy atom. The minimum Gasteiger partial charge on any atom is -0.423 e. The summed E-state index contributed by atoms with van der Waals surface area (Å²) in [5, 5.41) is 25.1. The SMILES string of the molecule is O=c1cc(Nc2ccc(NS(=O)(=O)c3ccc([N+](=O)[O-])cc3)cc2)c2cc([N+](=O)[O-])ccc2o1. The van der Waals surface area contributed by atoms with E-state index < -0.39 is 25.5 Å². The Bertz CT molecular complexity index is 1580. The van der Waals surface area contributed by atoms with E-state index in [-0.39, 0.29) is 33.2 Å². The van der Waals surface area contributed by atoms with Crippen LogP contribution in [-0.4, -0.2) is 18.3 Å². The van der Waals surface area contributed by atoms with Gasteiger partial charge in [-0.2, -0.15) is 0 Å². The normalized spacial score (nSPS) is 11.2. The molecule has 0 saturated carbocycles. The Morgan fingerprint density at radius 2 is 1.35 bits per heavy atom. The summed E-state index contributed by atoms with van der Waals surface area (Å²) in [4.78, 5) is 32.3. The summed E-state index contributed by atoms with van der Waals surface area (Å²) in [5.41, 5.74) is 0.0508. The molecule has 0 atom stereocenters. The van der Waals surface area contributed by atoms with Gasteiger partial charge < -0.3 is 9.73 Å². The first-order valence-electron chi connectivity index (χ1n) is 9.49. The van der Waals surface area contributed by atoms with E-state index >= 15 is 0 Å². The van der Waals surface area contributed by atoms with Gasteiger partial charge in [-0.25, -0.2) is 13.2 Å². The van der Waals surface area contributed by atoms with Crippen LogP contribution >= 0.6 is 0 Å². The molecule has 0 aliphatic heterocycles. The molecule has 0 aliphatic rings. The summed E-state index contributed by atoms with van der Waals surface area (Å²) in [5.74, 6) is 0. The van der Waals surface area contributed by atoms with Gasteiger partial charge in [0.25, 0.3) is 21.4 Å². The lowest BCUT2D eigenvalue weighted by Crippen LogP contribution is -2.12. The maximum Gasteiger partial charge on any atom is 0.338 e. The highest BCUT2D eigenvalue weighted by Crippen LogP contribution is 2.29. The smallest absolute Gasteiger partial charge is 0.338 e. The summed E-state index contributed by atoms with van der Waals surface area (Å²) < 4.78 is 32.5. The number of nitro groups is 2. The Morgan fingerprint density at radius 3 is 1.97 bits per heavy atom. The fraction of sp³-hybridized carbons (Fsp3) is 0. The second kappa shape index (κ2) is 8.63. The van der Waals surface area contributed by atoms with Gasteiger partial charge in [0, 0.05) is 47.1 Å². The molecule has 0 radical (unpaired) electrons. The molecule has 1 aromatic heterocycles. The van der Waals surface area contributed by atoms with Crippen LogP contribution < -0.4 is 15.7 Å². The highest BCUT2D eigenvalue weighted by molar-refractivity contribution is 7.92. The molecule has 2 N–H and O–H groups in total. The van der Waals surface area contributed by atoms with Crippen molar-refractivity contribution in [1.29, 1.82) is 0 Å². The van der Waals surface area contributed by atoms with E-state index in [0.29, 0.717) is 11.1 Å². The molecule has 0 fully saturated rings. The number of benzene rings is 3. The predicted molar refractivity (Wildman–Crippen MR) is 123 cm³/mol. The highest BCUT2D eigenvalue weighted by Gasteiger charge is 2.16. The summed E-state index contributed by atoms with van der Waals surface area (Å²) in [6.45, 7) is 0. The van der Waals surface area contributed by atoms with E-state index in [4.69, 9.17) is 4.42 Å². The monoisotopic (exact) mass is 482 g/mol. The average Bonchev–Trinajstić information content (AvgIpc) is 2.80. The van der Waals surface area contributed by atoms with Gasteiger partial charge in [0.2, 0.25) is 0 Å². The third-order valence-corrected chi connectivity index (χ3v) is 6.11. The number of nitrogens with one attached hydrogen (secondary N) is 2. The molecule has 172 valence electrons. The van der Waals surface area contributed by atoms with Gasteiger partial charge in [0.1, 0.15) is 5.58 Å². The van der Waals surface area contributed by atoms with Gasteiger partial charge in [-0.1, -0.05) is 0 Å². The van der Waals surface area contributed by atoms with Crippen molar-refractivity contribution >= 4 is 49.4 Å². The third kappa shape index (κ3) is 4.68. The number of hydrogen-bond acceptors (Lipinski definition) is 9. The molecule has 12 nitrogen and oxygen atoms in total. The second-order valence-electron chi connectivity index (χ2n) is 6.98. The summed E-state index contributed by atoms with van der Waals surface area (Å²) in [7, 11) is -3.99. The fourth-order valence-corrected chi connectivity index (χ4v) is 4.16. The van der Waals surface area contributed by atoms with Crippen molar-refractivity contribution in [3.63, 3.8) is 0 Å². The van der Waals surface area contributed by atoms with Crippen molar-refractivity contribution in [2.45, 2.75) is 4.90 Å². The summed E-state index contributed by atoms with van der Waals surface area (Å²) in [6, 6.07) is 15.4. The first-order chi connectivity index (χ1) is 16.1. The molecule has 4 rings (SSSR count). The van der Waals surface area contributed by atoms with Crippen LogP contribution in [0.15, 0.2) is 86.9 Å². The molecule has 0 aliphatic carbocycles. The third-order valence-electron chi connectivity index (χ3n) is 4.71. The van der Waals surface area contributed by atoms with Gasteiger partial charge in [-0.15, -0.1) is 0 Å². The van der Waals surface area contributed by atoms with Crippen LogP contribution in [-0.2, 0) is 10.0 Å². The molecular weight excluding hydrogens is 468 g/mol. The van der Waals surface area contributed by atoms with E-state index in [1.165, 1.54) is 42.5 Å². The minimum atomic E-state index is -3.99. The lowest BCUT2D eigenvalue weighted by atomic mass is 10.1. The molecule has 13 heteroatoms. The lowest BCUT2D eigenvalue weighted by Gasteiger charge is -2.11. The number of anilines is 3.